The molecular formula is C69H119N3O7. The molecule has 0 radical (unpaired) electrons. The van der Waals surface area contributed by atoms with Gasteiger partial charge in [0.25, 0.3) is 0 Å². The zero-order valence-electron chi connectivity index (χ0n) is 52.3. The van der Waals surface area contributed by atoms with Crippen LogP contribution in [0.15, 0.2) is 91.0 Å². The summed E-state index contributed by atoms with van der Waals surface area (Å²) in [7, 11) is 14.2. The predicted molar refractivity (Wildman–Crippen MR) is 326 cm³/mol. The van der Waals surface area contributed by atoms with Gasteiger partial charge in [0, 0.05) is 41.5 Å². The molecule has 0 fully saturated rings. The summed E-state index contributed by atoms with van der Waals surface area (Å²) in [6, 6.07) is 32.7. The number of carbonyl (C=O) groups is 3. The maximum atomic E-state index is 10.1. The summed E-state index contributed by atoms with van der Waals surface area (Å²) in [6.45, 7) is 14.2. The molecule has 0 spiro atoms. The third kappa shape index (κ3) is 47.3. The molecule has 0 amide bonds. The molecule has 0 aromatic heterocycles. The summed E-state index contributed by atoms with van der Waals surface area (Å²) in [4.78, 5) is 30.0. The second-order valence-corrected chi connectivity index (χ2v) is 24.9. The molecule has 1 N–H and O–H groups in total. The molecular weight excluding hydrogens is 983 g/mol. The van der Waals surface area contributed by atoms with Crippen LogP contribution in [-0.2, 0) is 34.0 Å². The zero-order valence-corrected chi connectivity index (χ0v) is 52.3. The van der Waals surface area contributed by atoms with E-state index in [2.05, 4.69) is 154 Å². The van der Waals surface area contributed by atoms with Crippen LogP contribution < -0.4 is 15.3 Å². The third-order valence-electron chi connectivity index (χ3n) is 15.0. The van der Waals surface area contributed by atoms with Crippen LogP contribution in [-0.4, -0.2) is 104 Å². The monoisotopic (exact) mass is 1100 g/mol. The Morgan fingerprint density at radius 2 is 0.532 bits per heavy atom. The first kappa shape index (κ1) is 74.9. The molecule has 0 aliphatic carbocycles. The van der Waals surface area contributed by atoms with Crippen LogP contribution in [0.2, 0.25) is 0 Å². The number of carboxylic acid groups (broad SMARTS) is 3. The molecule has 0 saturated heterocycles. The van der Waals surface area contributed by atoms with Gasteiger partial charge in [-0.1, -0.05) is 266 Å². The number of unbranched alkanes of at least 4 members (excludes halogenated alkanes) is 27. The Kier molecular flexibility index (Phi) is 45.1. The number of quaternary nitrogens is 3. The molecule has 0 aliphatic heterocycles. The van der Waals surface area contributed by atoms with Crippen molar-refractivity contribution in [2.75, 3.05) is 61.9 Å². The molecule has 0 heterocycles. The van der Waals surface area contributed by atoms with Crippen molar-refractivity contribution in [3.8, 4) is 0 Å². The third-order valence-corrected chi connectivity index (χ3v) is 15.0. The number of benzene rings is 3. The van der Waals surface area contributed by atoms with Crippen molar-refractivity contribution in [2.45, 2.75) is 251 Å². The fraction of sp³-hybridized carbons (Fsp3) is 0.696. The summed E-state index contributed by atoms with van der Waals surface area (Å²) in [5.74, 6) is -5.98. The van der Waals surface area contributed by atoms with E-state index in [1.807, 2.05) is 0 Å². The highest BCUT2D eigenvalue weighted by Crippen LogP contribution is 2.18. The number of aliphatic hydroxyl groups is 1. The SMILES string of the molecule is CCCCCCCCCCCC[N+](C)(C)Cc1ccccc1.CCCCCCCCCCCC[N+](C)(C)Cc1ccccc1.CCCCCCCCCCCC[N+](C)(C)Cc1ccccc1.O=C([O-])CC(O)(CC(=O)[O-])C(=O)[O-]. The number of aliphatic carboxylic acids is 3. The number of rotatable bonds is 44. The Morgan fingerprint density at radius 1 is 0.342 bits per heavy atom. The van der Waals surface area contributed by atoms with Gasteiger partial charge in [0.2, 0.25) is 0 Å². The highest BCUT2D eigenvalue weighted by atomic mass is 16.4. The number of carboxylic acids is 3. The maximum absolute atomic E-state index is 10.1. The minimum atomic E-state index is -2.97. The average Bonchev–Trinajstić information content (AvgIpc) is 3.38. The molecule has 452 valence electrons. The van der Waals surface area contributed by atoms with E-state index in [-0.39, 0.29) is 0 Å². The fourth-order valence-electron chi connectivity index (χ4n) is 10.2. The summed E-state index contributed by atoms with van der Waals surface area (Å²) >= 11 is 0. The molecule has 0 unspecified atom stereocenters. The lowest BCUT2D eigenvalue weighted by Crippen LogP contribution is -2.54. The second-order valence-electron chi connectivity index (χ2n) is 24.9. The highest BCUT2D eigenvalue weighted by Gasteiger charge is 2.29. The van der Waals surface area contributed by atoms with Crippen LogP contribution in [0.1, 0.15) is 243 Å². The molecule has 10 nitrogen and oxygen atoms in total. The molecule has 0 saturated carbocycles. The van der Waals surface area contributed by atoms with Gasteiger partial charge in [0.15, 0.2) is 0 Å². The van der Waals surface area contributed by atoms with Crippen LogP contribution >= 0.6 is 0 Å². The number of hydrogen-bond acceptors (Lipinski definition) is 7. The number of nitrogens with zero attached hydrogens (tertiary/aromatic N) is 3. The van der Waals surface area contributed by atoms with Crippen LogP contribution in [0.5, 0.6) is 0 Å². The quantitative estimate of drug-likeness (QED) is 0.0439. The Bertz CT molecular complexity index is 1680. The Labute approximate surface area is 485 Å². The van der Waals surface area contributed by atoms with Crippen molar-refractivity contribution in [1.29, 1.82) is 0 Å². The van der Waals surface area contributed by atoms with Crippen molar-refractivity contribution >= 4 is 17.9 Å². The lowest BCUT2D eigenvalue weighted by atomic mass is 9.96. The van der Waals surface area contributed by atoms with Crippen LogP contribution in [0.3, 0.4) is 0 Å². The largest absolute Gasteiger partial charge is 0.550 e. The molecule has 79 heavy (non-hydrogen) atoms. The van der Waals surface area contributed by atoms with Gasteiger partial charge in [0.05, 0.1) is 67.9 Å². The molecule has 3 rings (SSSR count). The van der Waals surface area contributed by atoms with Crippen LogP contribution in [0.25, 0.3) is 0 Å². The summed E-state index contributed by atoms with van der Waals surface area (Å²) in [5.41, 5.74) is 1.40. The van der Waals surface area contributed by atoms with Gasteiger partial charge >= 0.3 is 0 Å². The van der Waals surface area contributed by atoms with Gasteiger partial charge < -0.3 is 48.3 Å². The maximum Gasteiger partial charge on any atom is 0.114 e. The Hall–Kier alpha value is -4.09. The number of hydrogen-bond donors (Lipinski definition) is 1. The van der Waals surface area contributed by atoms with Crippen molar-refractivity contribution in [3.63, 3.8) is 0 Å². The minimum Gasteiger partial charge on any atom is -0.550 e. The Morgan fingerprint density at radius 3 is 0.709 bits per heavy atom. The molecule has 10 heteroatoms. The van der Waals surface area contributed by atoms with E-state index >= 15 is 0 Å². The first-order chi connectivity index (χ1) is 37.7. The van der Waals surface area contributed by atoms with Crippen molar-refractivity contribution in [2.24, 2.45) is 0 Å². The average molecular weight is 1100 g/mol. The predicted octanol–water partition coefficient (Wildman–Crippen LogP) is 13.3. The first-order valence-corrected chi connectivity index (χ1v) is 31.6. The molecule has 0 atom stereocenters. The molecule has 0 bridgehead atoms. The smallest absolute Gasteiger partial charge is 0.114 e. The molecule has 3 aromatic rings. The van der Waals surface area contributed by atoms with Gasteiger partial charge in [-0.05, 0) is 38.5 Å². The second kappa shape index (κ2) is 47.5. The van der Waals surface area contributed by atoms with E-state index in [1.54, 1.807) is 0 Å². The normalized spacial score (nSPS) is 11.6. The lowest BCUT2D eigenvalue weighted by Gasteiger charge is -2.30. The van der Waals surface area contributed by atoms with Gasteiger partial charge in [-0.3, -0.25) is 0 Å². The molecule has 0 aliphatic rings. The first-order valence-electron chi connectivity index (χ1n) is 31.6. The fourth-order valence-corrected chi connectivity index (χ4v) is 10.2. The Balaban J connectivity index is 0.00000104. The van der Waals surface area contributed by atoms with E-state index in [0.29, 0.717) is 0 Å². The van der Waals surface area contributed by atoms with Crippen LogP contribution in [0, 0.1) is 0 Å². The van der Waals surface area contributed by atoms with E-state index in [1.165, 1.54) is 229 Å². The van der Waals surface area contributed by atoms with E-state index in [4.69, 9.17) is 5.11 Å². The minimum absolute atomic E-state index is 1.11. The zero-order chi connectivity index (χ0) is 58.9. The van der Waals surface area contributed by atoms with Crippen molar-refractivity contribution in [1.82, 2.24) is 0 Å². The lowest BCUT2D eigenvalue weighted by molar-refractivity contribution is -0.903. The summed E-state index contributed by atoms with van der Waals surface area (Å²) < 4.78 is 3.34. The highest BCUT2D eigenvalue weighted by molar-refractivity contribution is 5.86. The standard InChI is InChI=1S/3C21H38N.C6H8O7/c3*1-4-5-6-7-8-9-10-11-12-16-19-22(2,3)20-21-17-14-13-15-18-21;7-3(8)1-6(13,5(11)12)2-4(9)10/h3*13-15,17-18H,4-12,16,19-20H2,1-3H3;13H,1-2H2,(H,7,8)(H,9,10)(H,11,12)/q3*+1;/p-3. The summed E-state index contributed by atoms with van der Waals surface area (Å²) in [5, 5.41) is 38.9. The van der Waals surface area contributed by atoms with E-state index < -0.39 is 36.4 Å². The van der Waals surface area contributed by atoms with E-state index in [9.17, 15) is 29.7 Å². The number of carbonyl (C=O) groups excluding carboxylic acids is 3. The van der Waals surface area contributed by atoms with Crippen molar-refractivity contribution in [3.05, 3.63) is 108 Å². The van der Waals surface area contributed by atoms with Gasteiger partial charge in [-0.15, -0.1) is 0 Å². The van der Waals surface area contributed by atoms with Gasteiger partial charge in [0.1, 0.15) is 25.2 Å². The van der Waals surface area contributed by atoms with Gasteiger partial charge in [-0.2, -0.15) is 0 Å². The van der Waals surface area contributed by atoms with Gasteiger partial charge in [-0.25, -0.2) is 0 Å². The topological polar surface area (TPSA) is 141 Å². The summed E-state index contributed by atoms with van der Waals surface area (Å²) in [6.07, 6.45) is 40.0. The van der Waals surface area contributed by atoms with Crippen molar-refractivity contribution < 1.29 is 48.3 Å². The van der Waals surface area contributed by atoms with Crippen LogP contribution in [0.4, 0.5) is 0 Å². The molecule has 3 aromatic carbocycles. The van der Waals surface area contributed by atoms with E-state index in [0.717, 1.165) is 33.1 Å².